The van der Waals surface area contributed by atoms with Gasteiger partial charge in [0.2, 0.25) is 0 Å². The van der Waals surface area contributed by atoms with Crippen LogP contribution < -0.4 is 10.6 Å². The predicted molar refractivity (Wildman–Crippen MR) is 119 cm³/mol. The van der Waals surface area contributed by atoms with E-state index in [9.17, 15) is 22.0 Å². The van der Waals surface area contributed by atoms with Crippen LogP contribution >= 0.6 is 0 Å². The summed E-state index contributed by atoms with van der Waals surface area (Å²) in [5, 5.41) is 14.4. The zero-order chi connectivity index (χ0) is 23.9. The molecule has 0 unspecified atom stereocenters. The van der Waals surface area contributed by atoms with Crippen LogP contribution in [0.3, 0.4) is 0 Å². The lowest BCUT2D eigenvalue weighted by molar-refractivity contribution is 0.0174. The lowest BCUT2D eigenvalue weighted by Crippen LogP contribution is -2.63. The van der Waals surface area contributed by atoms with Gasteiger partial charge in [0.05, 0.1) is 34.0 Å². The number of aromatic nitrogens is 1. The number of carbonyl (C=O) groups excluding carboxylic acids is 1. The number of carbonyl (C=O) groups is 1. The number of anilines is 1. The fourth-order valence-electron chi connectivity index (χ4n) is 3.64. The Labute approximate surface area is 186 Å². The smallest absolute Gasteiger partial charge is 0.270 e. The minimum absolute atomic E-state index is 0.0535. The van der Waals surface area contributed by atoms with E-state index in [0.29, 0.717) is 5.69 Å². The minimum Gasteiger partial charge on any atom is -0.381 e. The first-order valence-electron chi connectivity index (χ1n) is 10.1. The summed E-state index contributed by atoms with van der Waals surface area (Å²) in [7, 11) is -3.13. The molecule has 1 aromatic heterocycles. The van der Waals surface area contributed by atoms with Gasteiger partial charge in [0.15, 0.2) is 9.84 Å². The highest BCUT2D eigenvalue weighted by atomic mass is 32.2. The van der Waals surface area contributed by atoms with Gasteiger partial charge in [-0.3, -0.25) is 15.2 Å². The van der Waals surface area contributed by atoms with Gasteiger partial charge in [-0.25, -0.2) is 17.2 Å². The number of benzene rings is 1. The van der Waals surface area contributed by atoms with E-state index in [4.69, 9.17) is 5.41 Å². The van der Waals surface area contributed by atoms with Gasteiger partial charge < -0.3 is 10.6 Å². The molecule has 10 heteroatoms. The summed E-state index contributed by atoms with van der Waals surface area (Å²) in [5.41, 5.74) is -0.0292. The van der Waals surface area contributed by atoms with Gasteiger partial charge in [0.25, 0.3) is 11.8 Å². The number of hydrogen-bond acceptors (Lipinski definition) is 6. The van der Waals surface area contributed by atoms with Crippen molar-refractivity contribution in [1.29, 1.82) is 5.41 Å². The molecule has 0 atom stereocenters. The second-order valence-electron chi connectivity index (χ2n) is 8.81. The van der Waals surface area contributed by atoms with Gasteiger partial charge in [-0.15, -0.1) is 0 Å². The first kappa shape index (κ1) is 23.8. The maximum atomic E-state index is 13.7. The van der Waals surface area contributed by atoms with Crippen molar-refractivity contribution < 1.29 is 22.0 Å². The van der Waals surface area contributed by atoms with Gasteiger partial charge in [-0.2, -0.15) is 0 Å². The molecule has 1 saturated heterocycles. The molecule has 1 fully saturated rings. The maximum absolute atomic E-state index is 13.7. The number of rotatable bonds is 7. The third-order valence-electron chi connectivity index (χ3n) is 4.98. The number of sulfone groups is 1. The number of hydrogen-bond donors (Lipinski definition) is 3. The average Bonchev–Trinajstić information content (AvgIpc) is 2.64. The fraction of sp³-hybridized carbons (Fsp3) is 0.409. The van der Waals surface area contributed by atoms with Crippen LogP contribution in [-0.2, 0) is 15.8 Å². The van der Waals surface area contributed by atoms with Crippen LogP contribution in [-0.4, -0.2) is 48.1 Å². The lowest BCUT2D eigenvalue weighted by atomic mass is 10.00. The van der Waals surface area contributed by atoms with Crippen LogP contribution in [0, 0.1) is 5.41 Å². The molecule has 7 nitrogen and oxygen atoms in total. The molecule has 2 heterocycles. The molecule has 1 aliphatic rings. The van der Waals surface area contributed by atoms with Crippen LogP contribution in [0.25, 0.3) is 0 Å². The highest BCUT2D eigenvalue weighted by Crippen LogP contribution is 2.29. The van der Waals surface area contributed by atoms with E-state index in [2.05, 4.69) is 15.6 Å². The van der Waals surface area contributed by atoms with Crippen molar-refractivity contribution in [2.75, 3.05) is 16.8 Å². The van der Waals surface area contributed by atoms with Crippen LogP contribution in [0.4, 0.5) is 14.5 Å². The first-order chi connectivity index (χ1) is 14.7. The van der Waals surface area contributed by atoms with Crippen LogP contribution in [0.2, 0.25) is 0 Å². The number of nitrogens with zero attached hydrogens (tertiary/aromatic N) is 1. The second kappa shape index (κ2) is 8.23. The van der Waals surface area contributed by atoms with Gasteiger partial charge in [-0.1, -0.05) is 18.2 Å². The van der Waals surface area contributed by atoms with E-state index in [-0.39, 0.29) is 45.6 Å². The van der Waals surface area contributed by atoms with E-state index < -0.39 is 27.2 Å². The summed E-state index contributed by atoms with van der Waals surface area (Å²) in [6.45, 7) is 6.20. The molecular weight excluding hydrogens is 438 g/mol. The lowest BCUT2D eigenvalue weighted by Gasteiger charge is -2.38. The largest absolute Gasteiger partial charge is 0.381 e. The van der Waals surface area contributed by atoms with Crippen LogP contribution in [0.1, 0.15) is 54.9 Å². The average molecular weight is 465 g/mol. The second-order valence-corrected chi connectivity index (χ2v) is 10.9. The number of halogens is 2. The summed E-state index contributed by atoms with van der Waals surface area (Å²) in [5.74, 6) is -3.78. The van der Waals surface area contributed by atoms with Gasteiger partial charge in [0, 0.05) is 30.3 Å². The zero-order valence-corrected chi connectivity index (χ0v) is 19.1. The van der Waals surface area contributed by atoms with Gasteiger partial charge in [-0.05, 0) is 32.9 Å². The predicted octanol–water partition coefficient (Wildman–Crippen LogP) is 3.35. The Kier molecular flexibility index (Phi) is 6.12. The number of pyridine rings is 1. The Hall–Kier alpha value is -2.88. The van der Waals surface area contributed by atoms with E-state index >= 15 is 0 Å². The molecule has 32 heavy (non-hydrogen) atoms. The van der Waals surface area contributed by atoms with Crippen molar-refractivity contribution >= 4 is 27.1 Å². The minimum atomic E-state index is -3.13. The third-order valence-corrected chi connectivity index (χ3v) is 7.14. The highest BCUT2D eigenvalue weighted by molar-refractivity contribution is 7.93. The van der Waals surface area contributed by atoms with Crippen LogP contribution in [0.15, 0.2) is 36.5 Å². The fourth-order valence-corrected chi connectivity index (χ4v) is 5.64. The van der Waals surface area contributed by atoms with E-state index in [0.717, 1.165) is 6.92 Å². The molecule has 3 N–H and O–H groups in total. The van der Waals surface area contributed by atoms with Gasteiger partial charge >= 0.3 is 0 Å². The Morgan fingerprint density at radius 2 is 1.88 bits per heavy atom. The van der Waals surface area contributed by atoms with Crippen molar-refractivity contribution in [1.82, 2.24) is 10.3 Å². The van der Waals surface area contributed by atoms with Crippen molar-refractivity contribution in [3.8, 4) is 0 Å². The molecule has 3 rings (SSSR count). The normalized spacial score (nSPS) is 16.8. The molecule has 0 aliphatic carbocycles. The van der Waals surface area contributed by atoms with E-state index in [1.54, 1.807) is 13.0 Å². The molecule has 0 bridgehead atoms. The van der Waals surface area contributed by atoms with Crippen LogP contribution in [0.5, 0.6) is 0 Å². The van der Waals surface area contributed by atoms with E-state index in [1.807, 2.05) is 13.8 Å². The quantitative estimate of drug-likeness (QED) is 0.544. The van der Waals surface area contributed by atoms with E-state index in [1.165, 1.54) is 30.5 Å². The summed E-state index contributed by atoms with van der Waals surface area (Å²) in [4.78, 5) is 17.0. The van der Waals surface area contributed by atoms with Crippen molar-refractivity contribution in [2.24, 2.45) is 0 Å². The molecule has 1 aromatic carbocycles. The molecule has 0 spiro atoms. The maximum Gasteiger partial charge on any atom is 0.270 e. The summed E-state index contributed by atoms with van der Waals surface area (Å²) < 4.78 is 50.4. The molecule has 172 valence electrons. The Balaban J connectivity index is 1.92. The third kappa shape index (κ3) is 5.29. The standard InChI is InChI=1S/C22H26F2N4O3S/c1-13(2)27-17-9-15(20(29)28-21(3)11-32(30,31)12-21)10-26-19(17)18(25)14-6-5-7-16(8-14)22(4,23)24/h5-10,13,25,27H,11-12H2,1-4H3,(H,28,29). The topological polar surface area (TPSA) is 112 Å². The highest BCUT2D eigenvalue weighted by Gasteiger charge is 2.45. The Morgan fingerprint density at radius 3 is 2.44 bits per heavy atom. The number of nitrogens with one attached hydrogen (secondary N) is 3. The molecule has 1 aliphatic heterocycles. The Bertz CT molecular complexity index is 1160. The zero-order valence-electron chi connectivity index (χ0n) is 18.3. The SMILES string of the molecule is CC(C)Nc1cc(C(=O)NC2(C)CS(=O)(=O)C2)cnc1C(=N)c1cccc(C(C)(F)F)c1. The number of amides is 1. The summed E-state index contributed by atoms with van der Waals surface area (Å²) in [6, 6.07) is 7.04. The molecule has 0 saturated carbocycles. The molecule has 2 aromatic rings. The first-order valence-corrected chi connectivity index (χ1v) is 11.9. The molecular formula is C22H26F2N4O3S. The van der Waals surface area contributed by atoms with Crippen molar-refractivity contribution in [3.63, 3.8) is 0 Å². The Morgan fingerprint density at radius 1 is 1.22 bits per heavy atom. The summed E-state index contributed by atoms with van der Waals surface area (Å²) >= 11 is 0. The summed E-state index contributed by atoms with van der Waals surface area (Å²) in [6.07, 6.45) is 1.29. The molecule has 0 radical (unpaired) electrons. The monoisotopic (exact) mass is 464 g/mol. The van der Waals surface area contributed by atoms with Crippen molar-refractivity contribution in [2.45, 2.75) is 45.2 Å². The molecule has 1 amide bonds. The van der Waals surface area contributed by atoms with Crippen molar-refractivity contribution in [3.05, 3.63) is 58.9 Å². The van der Waals surface area contributed by atoms with Gasteiger partial charge in [0.1, 0.15) is 5.69 Å². The number of alkyl halides is 2.